The van der Waals surface area contributed by atoms with Crippen LogP contribution in [-0.4, -0.2) is 36.2 Å². The molecule has 4 rings (SSSR count). The normalized spacial score (nSPS) is 17.4. The molecule has 2 aromatic carbocycles. The second-order valence-corrected chi connectivity index (χ2v) is 10.7. The maximum Gasteiger partial charge on any atom is 0.257 e. The van der Waals surface area contributed by atoms with Crippen molar-refractivity contribution in [2.45, 2.75) is 37.1 Å². The number of piperidine rings is 1. The largest absolute Gasteiger partial charge is 0.298 e. The third-order valence-corrected chi connectivity index (χ3v) is 8.37. The zero-order chi connectivity index (χ0) is 22.0. The zero-order valence-corrected chi connectivity index (χ0v) is 19.3. The number of anilines is 1. The molecule has 1 N–H and O–H groups in total. The fourth-order valence-corrected chi connectivity index (χ4v) is 6.14. The third-order valence-electron chi connectivity index (χ3n) is 5.33. The number of carbonyl (C=O) groups excluding carboxylic acids is 1. The minimum Gasteiger partial charge on any atom is -0.298 e. The van der Waals surface area contributed by atoms with Gasteiger partial charge in [0, 0.05) is 34.1 Å². The van der Waals surface area contributed by atoms with Crippen molar-refractivity contribution in [1.29, 1.82) is 0 Å². The van der Waals surface area contributed by atoms with E-state index in [1.807, 2.05) is 24.4 Å². The van der Waals surface area contributed by atoms with Gasteiger partial charge in [-0.05, 0) is 56.2 Å². The number of hydrogen-bond donors (Lipinski definition) is 1. The van der Waals surface area contributed by atoms with Gasteiger partial charge < -0.3 is 0 Å². The van der Waals surface area contributed by atoms with Crippen molar-refractivity contribution in [1.82, 2.24) is 9.29 Å². The number of aromatic nitrogens is 1. The van der Waals surface area contributed by atoms with Crippen molar-refractivity contribution in [2.75, 3.05) is 11.9 Å². The van der Waals surface area contributed by atoms with Crippen LogP contribution in [0.2, 0.25) is 5.02 Å². The van der Waals surface area contributed by atoms with Gasteiger partial charge in [0.05, 0.1) is 10.6 Å². The maximum atomic E-state index is 12.9. The number of hydrogen-bond acceptors (Lipinski definition) is 5. The van der Waals surface area contributed by atoms with Crippen molar-refractivity contribution in [3.63, 3.8) is 0 Å². The highest BCUT2D eigenvalue weighted by Crippen LogP contribution is 2.27. The van der Waals surface area contributed by atoms with Crippen molar-refractivity contribution in [2.24, 2.45) is 0 Å². The molecule has 0 unspecified atom stereocenters. The predicted molar refractivity (Wildman–Crippen MR) is 124 cm³/mol. The molecule has 0 saturated carbocycles. The van der Waals surface area contributed by atoms with Crippen LogP contribution in [0.1, 0.15) is 36.5 Å². The van der Waals surface area contributed by atoms with E-state index in [0.29, 0.717) is 22.3 Å². The van der Waals surface area contributed by atoms with Crippen molar-refractivity contribution in [3.05, 3.63) is 64.5 Å². The Kier molecular flexibility index (Phi) is 6.43. The van der Waals surface area contributed by atoms with E-state index in [-0.39, 0.29) is 16.8 Å². The number of carbonyl (C=O) groups is 1. The van der Waals surface area contributed by atoms with E-state index in [2.05, 4.69) is 10.3 Å². The highest BCUT2D eigenvalue weighted by molar-refractivity contribution is 7.89. The van der Waals surface area contributed by atoms with Crippen LogP contribution in [-0.2, 0) is 10.0 Å². The summed E-state index contributed by atoms with van der Waals surface area (Å²) >= 11 is 7.24. The van der Waals surface area contributed by atoms with E-state index in [0.717, 1.165) is 30.5 Å². The molecule has 162 valence electrons. The molecule has 0 spiro atoms. The first-order valence-electron chi connectivity index (χ1n) is 9.99. The van der Waals surface area contributed by atoms with Gasteiger partial charge in [-0.2, -0.15) is 4.31 Å². The van der Waals surface area contributed by atoms with Crippen LogP contribution >= 0.6 is 22.9 Å². The monoisotopic (exact) mass is 475 g/mol. The topological polar surface area (TPSA) is 79.4 Å². The number of nitrogens with one attached hydrogen (secondary N) is 1. The van der Waals surface area contributed by atoms with Crippen molar-refractivity contribution >= 4 is 44.0 Å². The summed E-state index contributed by atoms with van der Waals surface area (Å²) in [5, 5.41) is 5.74. The van der Waals surface area contributed by atoms with Crippen molar-refractivity contribution in [3.8, 4) is 11.3 Å². The Bertz CT molecular complexity index is 1180. The first kappa shape index (κ1) is 22.0. The zero-order valence-electron chi connectivity index (χ0n) is 16.9. The van der Waals surface area contributed by atoms with Crippen LogP contribution in [0.15, 0.2) is 58.8 Å². The molecule has 9 heteroatoms. The average Bonchev–Trinajstić information content (AvgIpc) is 3.23. The highest BCUT2D eigenvalue weighted by Gasteiger charge is 2.30. The molecular formula is C22H22ClN3O3S2. The number of rotatable bonds is 5. The van der Waals surface area contributed by atoms with Gasteiger partial charge in [0.15, 0.2) is 5.13 Å². The fraction of sp³-hybridized carbons (Fsp3) is 0.273. The van der Waals surface area contributed by atoms with Gasteiger partial charge >= 0.3 is 0 Å². The summed E-state index contributed by atoms with van der Waals surface area (Å²) in [5.74, 6) is -0.340. The van der Waals surface area contributed by atoms with E-state index < -0.39 is 10.0 Å². The lowest BCUT2D eigenvalue weighted by Crippen LogP contribution is -2.41. The standard InChI is InChI=1S/C22H22ClN3O3S2/c1-15-4-2-3-13-26(15)31(28,29)19-11-7-17(8-12-19)21(27)25-22-24-20(14-30-22)16-5-9-18(23)10-6-16/h5-12,14-15H,2-4,13H2,1H3,(H,24,25,27)/t15-/m1/s1. The van der Waals surface area contributed by atoms with Gasteiger partial charge in [-0.1, -0.05) is 30.2 Å². The van der Waals surface area contributed by atoms with Crippen LogP contribution in [0.5, 0.6) is 0 Å². The molecule has 31 heavy (non-hydrogen) atoms. The predicted octanol–water partition coefficient (Wildman–Crippen LogP) is 5.28. The molecule has 1 aromatic heterocycles. The SMILES string of the molecule is C[C@@H]1CCCCN1S(=O)(=O)c1ccc(C(=O)Nc2nc(-c3ccc(Cl)cc3)cs2)cc1. The van der Waals surface area contributed by atoms with Gasteiger partial charge in [0.1, 0.15) is 0 Å². The summed E-state index contributed by atoms with van der Waals surface area (Å²) in [6, 6.07) is 13.3. The Morgan fingerprint density at radius 2 is 1.84 bits per heavy atom. The van der Waals surface area contributed by atoms with Gasteiger partial charge in [0.2, 0.25) is 10.0 Å². The molecule has 1 fully saturated rings. The van der Waals surface area contributed by atoms with Crippen molar-refractivity contribution < 1.29 is 13.2 Å². The lowest BCUT2D eigenvalue weighted by Gasteiger charge is -2.32. The third kappa shape index (κ3) is 4.82. The molecule has 1 aliphatic heterocycles. The van der Waals surface area contributed by atoms with Gasteiger partial charge in [-0.15, -0.1) is 11.3 Å². The van der Waals surface area contributed by atoms with E-state index in [1.54, 1.807) is 16.4 Å². The Labute approximate surface area is 190 Å². The quantitative estimate of drug-likeness (QED) is 0.544. The number of halogens is 1. The summed E-state index contributed by atoms with van der Waals surface area (Å²) in [5.41, 5.74) is 2.02. The Morgan fingerprint density at radius 3 is 2.52 bits per heavy atom. The second kappa shape index (κ2) is 9.08. The Morgan fingerprint density at radius 1 is 1.13 bits per heavy atom. The summed E-state index contributed by atoms with van der Waals surface area (Å²) in [6.07, 6.45) is 2.78. The summed E-state index contributed by atoms with van der Waals surface area (Å²) in [7, 11) is -3.56. The summed E-state index contributed by atoms with van der Waals surface area (Å²) in [4.78, 5) is 17.2. The molecular weight excluding hydrogens is 454 g/mol. The van der Waals surface area contributed by atoms with Crippen LogP contribution in [0.3, 0.4) is 0 Å². The number of thiazole rings is 1. The average molecular weight is 476 g/mol. The Balaban J connectivity index is 1.46. The Hall–Kier alpha value is -2.26. The van der Waals surface area contributed by atoms with Gasteiger partial charge in [-0.3, -0.25) is 10.1 Å². The lowest BCUT2D eigenvalue weighted by molar-refractivity contribution is 0.102. The lowest BCUT2D eigenvalue weighted by atomic mass is 10.1. The van der Waals surface area contributed by atoms with Gasteiger partial charge in [-0.25, -0.2) is 13.4 Å². The molecule has 3 aromatic rings. The first-order valence-corrected chi connectivity index (χ1v) is 12.7. The number of nitrogens with zero attached hydrogens (tertiary/aromatic N) is 2. The second-order valence-electron chi connectivity index (χ2n) is 7.48. The molecule has 6 nitrogen and oxygen atoms in total. The minimum atomic E-state index is -3.56. The fourth-order valence-electron chi connectivity index (χ4n) is 3.60. The molecule has 1 aliphatic rings. The number of sulfonamides is 1. The minimum absolute atomic E-state index is 0.0125. The molecule has 1 amide bonds. The molecule has 0 aliphatic carbocycles. The van der Waals surface area contributed by atoms with Crippen LogP contribution < -0.4 is 5.32 Å². The van der Waals surface area contributed by atoms with Crippen LogP contribution in [0, 0.1) is 0 Å². The smallest absolute Gasteiger partial charge is 0.257 e. The molecule has 1 saturated heterocycles. The van der Waals surface area contributed by atoms with E-state index in [9.17, 15) is 13.2 Å². The van der Waals surface area contributed by atoms with E-state index in [4.69, 9.17) is 11.6 Å². The van der Waals surface area contributed by atoms with E-state index in [1.165, 1.54) is 35.6 Å². The number of benzene rings is 2. The van der Waals surface area contributed by atoms with Gasteiger partial charge in [0.25, 0.3) is 5.91 Å². The molecule has 1 atom stereocenters. The molecule has 2 heterocycles. The summed E-state index contributed by atoms with van der Waals surface area (Å²) in [6.45, 7) is 2.47. The van der Waals surface area contributed by atoms with Crippen LogP contribution in [0.4, 0.5) is 5.13 Å². The van der Waals surface area contributed by atoms with E-state index >= 15 is 0 Å². The molecule has 0 bridgehead atoms. The maximum absolute atomic E-state index is 12.9. The first-order chi connectivity index (χ1) is 14.8. The van der Waals surface area contributed by atoms with Crippen LogP contribution in [0.25, 0.3) is 11.3 Å². The molecule has 0 radical (unpaired) electrons. The summed E-state index contributed by atoms with van der Waals surface area (Å²) < 4.78 is 27.4. The highest BCUT2D eigenvalue weighted by atomic mass is 35.5. The number of amides is 1.